The zero-order chi connectivity index (χ0) is 19.1. The van der Waals surface area contributed by atoms with Crippen molar-refractivity contribution >= 4 is 45.8 Å². The Balaban J connectivity index is 2.17. The molecule has 0 amide bonds. The highest BCUT2D eigenvalue weighted by atomic mass is 35.5. The van der Waals surface area contributed by atoms with Gasteiger partial charge in [-0.3, -0.25) is 0 Å². The topological polar surface area (TPSA) is 30.2 Å². The molecule has 5 heteroatoms. The van der Waals surface area contributed by atoms with Gasteiger partial charge in [0.1, 0.15) is 5.58 Å². The van der Waals surface area contributed by atoms with E-state index in [1.165, 1.54) is 0 Å². The van der Waals surface area contributed by atoms with Crippen LogP contribution < -0.4 is 5.63 Å². The first-order valence-electron chi connectivity index (χ1n) is 8.23. The van der Waals surface area contributed by atoms with E-state index in [4.69, 9.17) is 39.2 Å². The van der Waals surface area contributed by atoms with Crippen LogP contribution in [0.5, 0.6) is 0 Å². The van der Waals surface area contributed by atoms with E-state index < -0.39 is 5.63 Å². The van der Waals surface area contributed by atoms with Gasteiger partial charge in [-0.1, -0.05) is 64.6 Å². The Kier molecular flexibility index (Phi) is 4.73. The van der Waals surface area contributed by atoms with Gasteiger partial charge < -0.3 is 4.42 Å². The van der Waals surface area contributed by atoms with Crippen molar-refractivity contribution in [3.63, 3.8) is 0 Å². The van der Waals surface area contributed by atoms with Crippen molar-refractivity contribution in [1.82, 2.24) is 0 Å². The summed E-state index contributed by atoms with van der Waals surface area (Å²) in [7, 11) is 0. The second-order valence-electron chi connectivity index (χ2n) is 6.27. The number of halogens is 3. The van der Waals surface area contributed by atoms with Crippen LogP contribution in [0.4, 0.5) is 0 Å². The third kappa shape index (κ3) is 3.37. The monoisotopic (exact) mass is 414 g/mol. The molecule has 0 bridgehead atoms. The van der Waals surface area contributed by atoms with E-state index >= 15 is 0 Å². The molecule has 1 aromatic heterocycles. The highest BCUT2D eigenvalue weighted by molar-refractivity contribution is 6.36. The largest absolute Gasteiger partial charge is 0.422 e. The quantitative estimate of drug-likeness (QED) is 0.319. The predicted molar refractivity (Wildman–Crippen MR) is 113 cm³/mol. The fourth-order valence-corrected chi connectivity index (χ4v) is 3.80. The smallest absolute Gasteiger partial charge is 0.344 e. The van der Waals surface area contributed by atoms with Gasteiger partial charge in [-0.15, -0.1) is 0 Å². The number of benzene rings is 3. The number of hydrogen-bond acceptors (Lipinski definition) is 2. The molecule has 2 nitrogen and oxygen atoms in total. The van der Waals surface area contributed by atoms with Gasteiger partial charge in [-0.05, 0) is 48.9 Å². The Bertz CT molecular complexity index is 1220. The summed E-state index contributed by atoms with van der Waals surface area (Å²) in [5.41, 5.74) is 3.69. The number of fused-ring (bicyclic) bond motifs is 1. The molecule has 0 aliphatic rings. The first-order valence-corrected chi connectivity index (χ1v) is 9.36. The van der Waals surface area contributed by atoms with Gasteiger partial charge in [0.2, 0.25) is 0 Å². The van der Waals surface area contributed by atoms with Crippen molar-refractivity contribution in [2.45, 2.75) is 6.92 Å². The lowest BCUT2D eigenvalue weighted by Crippen LogP contribution is -2.06. The molecule has 3 aromatic carbocycles. The zero-order valence-corrected chi connectivity index (χ0v) is 16.5. The van der Waals surface area contributed by atoms with Crippen LogP contribution in [0.3, 0.4) is 0 Å². The number of rotatable bonds is 2. The first kappa shape index (κ1) is 18.1. The van der Waals surface area contributed by atoms with Crippen molar-refractivity contribution in [2.75, 3.05) is 0 Å². The van der Waals surface area contributed by atoms with E-state index in [9.17, 15) is 4.79 Å². The van der Waals surface area contributed by atoms with Crippen molar-refractivity contribution in [1.29, 1.82) is 0 Å². The van der Waals surface area contributed by atoms with Crippen LogP contribution >= 0.6 is 34.8 Å². The van der Waals surface area contributed by atoms with Crippen LogP contribution in [0.25, 0.3) is 33.2 Å². The molecule has 0 aliphatic heterocycles. The van der Waals surface area contributed by atoms with E-state index in [0.29, 0.717) is 31.8 Å². The number of hydrogen-bond donors (Lipinski definition) is 0. The molecular weight excluding hydrogens is 403 g/mol. The molecule has 0 saturated carbocycles. The van der Waals surface area contributed by atoms with Crippen molar-refractivity contribution < 1.29 is 4.42 Å². The molecule has 4 aromatic rings. The van der Waals surface area contributed by atoms with Crippen molar-refractivity contribution in [2.24, 2.45) is 0 Å². The Morgan fingerprint density at radius 1 is 0.778 bits per heavy atom. The van der Waals surface area contributed by atoms with Crippen molar-refractivity contribution in [3.8, 4) is 22.3 Å². The minimum atomic E-state index is -0.458. The minimum Gasteiger partial charge on any atom is -0.422 e. The van der Waals surface area contributed by atoms with Crippen LogP contribution in [-0.4, -0.2) is 0 Å². The highest BCUT2D eigenvalue weighted by Crippen LogP contribution is 2.39. The maximum absolute atomic E-state index is 12.9. The minimum absolute atomic E-state index is 0.386. The standard InChI is InChI=1S/C22H13Cl3O2/c1-12-2-9-19-17(10-12)20(13-3-5-14(23)6-4-13)21(22(26)27-19)16-8-7-15(24)11-18(16)25/h2-11H,1H3. The average molecular weight is 416 g/mol. The van der Waals surface area contributed by atoms with Gasteiger partial charge in [-0.25, -0.2) is 4.79 Å². The summed E-state index contributed by atoms with van der Waals surface area (Å²) in [6, 6.07) is 18.1. The summed E-state index contributed by atoms with van der Waals surface area (Å²) in [6.45, 7) is 1.99. The van der Waals surface area contributed by atoms with Crippen LogP contribution in [0, 0.1) is 6.92 Å². The lowest BCUT2D eigenvalue weighted by Gasteiger charge is -2.14. The molecule has 0 radical (unpaired) electrons. The third-order valence-electron chi connectivity index (χ3n) is 4.39. The summed E-state index contributed by atoms with van der Waals surface area (Å²) < 4.78 is 5.60. The molecule has 0 aliphatic carbocycles. The summed E-state index contributed by atoms with van der Waals surface area (Å²) in [5, 5.41) is 2.33. The third-order valence-corrected chi connectivity index (χ3v) is 5.19. The summed E-state index contributed by atoms with van der Waals surface area (Å²) in [5.74, 6) is 0. The van der Waals surface area contributed by atoms with Crippen LogP contribution in [0.15, 0.2) is 69.9 Å². The van der Waals surface area contributed by atoms with Crippen LogP contribution in [-0.2, 0) is 0 Å². The van der Waals surface area contributed by atoms with Gasteiger partial charge in [0.15, 0.2) is 0 Å². The molecule has 134 valence electrons. The molecule has 0 unspecified atom stereocenters. The lowest BCUT2D eigenvalue weighted by atomic mass is 9.92. The van der Waals surface area contributed by atoms with Crippen LogP contribution in [0.1, 0.15) is 5.56 Å². The molecular formula is C22H13Cl3O2. The maximum Gasteiger partial charge on any atom is 0.344 e. The normalized spacial score (nSPS) is 11.1. The molecule has 0 spiro atoms. The Morgan fingerprint density at radius 2 is 1.48 bits per heavy atom. The average Bonchev–Trinajstić information content (AvgIpc) is 2.63. The molecule has 27 heavy (non-hydrogen) atoms. The molecule has 4 rings (SSSR count). The summed E-state index contributed by atoms with van der Waals surface area (Å²) in [4.78, 5) is 12.9. The van der Waals surface area contributed by atoms with E-state index in [1.807, 2.05) is 31.2 Å². The van der Waals surface area contributed by atoms with Crippen LogP contribution in [0.2, 0.25) is 15.1 Å². The van der Waals surface area contributed by atoms with Gasteiger partial charge >= 0.3 is 5.63 Å². The SMILES string of the molecule is Cc1ccc2oc(=O)c(-c3ccc(Cl)cc3Cl)c(-c3ccc(Cl)cc3)c2c1. The Hall–Kier alpha value is -2.26. The summed E-state index contributed by atoms with van der Waals surface area (Å²) in [6.07, 6.45) is 0. The van der Waals surface area contributed by atoms with Gasteiger partial charge in [0.25, 0.3) is 0 Å². The maximum atomic E-state index is 12.9. The summed E-state index contributed by atoms with van der Waals surface area (Å²) >= 11 is 18.5. The number of aryl methyl sites for hydroxylation is 1. The second kappa shape index (κ2) is 7.05. The van der Waals surface area contributed by atoms with E-state index in [0.717, 1.165) is 22.1 Å². The van der Waals surface area contributed by atoms with Gasteiger partial charge in [0.05, 0.1) is 10.6 Å². The Labute approximate surface area is 170 Å². The fourth-order valence-electron chi connectivity index (χ4n) is 3.17. The lowest BCUT2D eigenvalue weighted by molar-refractivity contribution is 0.564. The van der Waals surface area contributed by atoms with E-state index in [1.54, 1.807) is 36.4 Å². The van der Waals surface area contributed by atoms with Gasteiger partial charge in [0, 0.05) is 26.6 Å². The fraction of sp³-hybridized carbons (Fsp3) is 0.0455. The van der Waals surface area contributed by atoms with E-state index in [2.05, 4.69) is 0 Å². The molecule has 1 heterocycles. The second-order valence-corrected chi connectivity index (χ2v) is 7.55. The van der Waals surface area contributed by atoms with Gasteiger partial charge in [-0.2, -0.15) is 0 Å². The molecule has 0 saturated heterocycles. The molecule has 0 N–H and O–H groups in total. The molecule has 0 fully saturated rings. The first-order chi connectivity index (χ1) is 12.9. The predicted octanol–water partition coefficient (Wildman–Crippen LogP) is 7.40. The van der Waals surface area contributed by atoms with E-state index in [-0.39, 0.29) is 0 Å². The van der Waals surface area contributed by atoms with Crippen molar-refractivity contribution in [3.05, 3.63) is 91.7 Å². The molecule has 0 atom stereocenters. The Morgan fingerprint density at radius 3 is 2.19 bits per heavy atom. The zero-order valence-electron chi connectivity index (χ0n) is 14.2. The highest BCUT2D eigenvalue weighted by Gasteiger charge is 2.20.